The third-order valence-electron chi connectivity index (χ3n) is 3.04. The van der Waals surface area contributed by atoms with Crippen molar-refractivity contribution in [2.45, 2.75) is 52.4 Å². The van der Waals surface area contributed by atoms with E-state index in [1.165, 1.54) is 11.1 Å². The van der Waals surface area contributed by atoms with Gasteiger partial charge in [-0.3, -0.25) is 0 Å². The van der Waals surface area contributed by atoms with Gasteiger partial charge in [0.2, 0.25) is 0 Å². The second kappa shape index (κ2) is 3.94. The summed E-state index contributed by atoms with van der Waals surface area (Å²) in [5, 5.41) is 9.12. The molecule has 1 nitrogen and oxygen atoms in total. The molecule has 1 rings (SSSR count). The molecule has 0 atom stereocenters. The maximum absolute atomic E-state index is 9.12. The van der Waals surface area contributed by atoms with Crippen molar-refractivity contribution in [3.05, 3.63) is 34.9 Å². The largest absolute Gasteiger partial charge is 0.197 e. The number of aryl methyl sites for hydroxylation is 1. The third kappa shape index (κ3) is 2.44. The first kappa shape index (κ1) is 12.8. The Morgan fingerprint density at radius 3 is 2.00 bits per heavy atom. The second-order valence-corrected chi connectivity index (χ2v) is 6.02. The van der Waals surface area contributed by atoms with E-state index < -0.39 is 5.41 Å². The minimum atomic E-state index is -0.402. The lowest BCUT2D eigenvalue weighted by Gasteiger charge is -2.24. The van der Waals surface area contributed by atoms with E-state index in [1.807, 2.05) is 13.8 Å². The Bertz CT molecular complexity index is 428. The first-order valence-electron chi connectivity index (χ1n) is 5.71. The highest BCUT2D eigenvalue weighted by molar-refractivity contribution is 5.40. The molecule has 1 aromatic carbocycles. The Morgan fingerprint density at radius 1 is 1.06 bits per heavy atom. The zero-order valence-corrected chi connectivity index (χ0v) is 11.2. The predicted octanol–water partition coefficient (Wildman–Crippen LogP) is 4.09. The first-order chi connectivity index (χ1) is 7.18. The fourth-order valence-electron chi connectivity index (χ4n) is 1.96. The Kier molecular flexibility index (Phi) is 3.15. The first-order valence-corrected chi connectivity index (χ1v) is 5.71. The van der Waals surface area contributed by atoms with Gasteiger partial charge in [0.05, 0.1) is 11.5 Å². The minimum Gasteiger partial charge on any atom is -0.197 e. The molecule has 0 unspecified atom stereocenters. The lowest BCUT2D eigenvalue weighted by molar-refractivity contribution is 0.584. The molecule has 1 aromatic rings. The van der Waals surface area contributed by atoms with E-state index in [0.717, 1.165) is 5.56 Å². The van der Waals surface area contributed by atoms with Crippen molar-refractivity contribution in [2.24, 2.45) is 0 Å². The van der Waals surface area contributed by atoms with Gasteiger partial charge < -0.3 is 0 Å². The van der Waals surface area contributed by atoms with E-state index in [1.54, 1.807) is 0 Å². The van der Waals surface area contributed by atoms with E-state index in [2.05, 4.69) is 52.0 Å². The number of nitriles is 1. The molecule has 0 aromatic heterocycles. The lowest BCUT2D eigenvalue weighted by Crippen LogP contribution is -2.17. The molecule has 0 aliphatic rings. The standard InChI is InChI=1S/C15H21N/c1-11-9-12(15(5,6)10-16)7-8-13(11)14(2,3)4/h7-9H,1-6H3. The molecule has 0 saturated heterocycles. The Balaban J connectivity index is 3.26. The van der Waals surface area contributed by atoms with Crippen LogP contribution in [0.3, 0.4) is 0 Å². The SMILES string of the molecule is Cc1cc(C(C)(C)C#N)ccc1C(C)(C)C. The fraction of sp³-hybridized carbons (Fsp3) is 0.533. The smallest absolute Gasteiger partial charge is 0.0766 e. The van der Waals surface area contributed by atoms with Crippen LogP contribution in [-0.4, -0.2) is 0 Å². The van der Waals surface area contributed by atoms with Crippen molar-refractivity contribution in [3.63, 3.8) is 0 Å². The highest BCUT2D eigenvalue weighted by atomic mass is 14.3. The summed E-state index contributed by atoms with van der Waals surface area (Å²) < 4.78 is 0. The van der Waals surface area contributed by atoms with E-state index in [-0.39, 0.29) is 5.41 Å². The van der Waals surface area contributed by atoms with Gasteiger partial charge in [0.1, 0.15) is 0 Å². The number of hydrogen-bond donors (Lipinski definition) is 0. The molecule has 0 heterocycles. The van der Waals surface area contributed by atoms with Gasteiger partial charge >= 0.3 is 0 Å². The van der Waals surface area contributed by atoms with Gasteiger partial charge in [-0.05, 0) is 42.9 Å². The Labute approximate surface area is 99.1 Å². The maximum Gasteiger partial charge on any atom is 0.0766 e. The average molecular weight is 215 g/mol. The lowest BCUT2D eigenvalue weighted by atomic mass is 9.79. The van der Waals surface area contributed by atoms with Crippen LogP contribution in [0.15, 0.2) is 18.2 Å². The zero-order valence-electron chi connectivity index (χ0n) is 11.2. The summed E-state index contributed by atoms with van der Waals surface area (Å²) in [6.45, 7) is 12.7. The molecule has 0 fully saturated rings. The van der Waals surface area contributed by atoms with Crippen molar-refractivity contribution < 1.29 is 0 Å². The van der Waals surface area contributed by atoms with Crippen LogP contribution in [0, 0.1) is 18.3 Å². The van der Waals surface area contributed by atoms with Crippen molar-refractivity contribution in [1.29, 1.82) is 5.26 Å². The van der Waals surface area contributed by atoms with Crippen LogP contribution >= 0.6 is 0 Å². The normalized spacial score (nSPS) is 12.3. The van der Waals surface area contributed by atoms with E-state index in [0.29, 0.717) is 0 Å². The quantitative estimate of drug-likeness (QED) is 0.692. The number of benzene rings is 1. The van der Waals surface area contributed by atoms with Gasteiger partial charge in [0, 0.05) is 0 Å². The topological polar surface area (TPSA) is 23.8 Å². The van der Waals surface area contributed by atoms with Crippen LogP contribution < -0.4 is 0 Å². The molecule has 0 saturated carbocycles. The molecule has 0 N–H and O–H groups in total. The summed E-state index contributed by atoms with van der Waals surface area (Å²) in [6.07, 6.45) is 0. The third-order valence-corrected chi connectivity index (χ3v) is 3.04. The average Bonchev–Trinajstić information content (AvgIpc) is 2.15. The van der Waals surface area contributed by atoms with Crippen molar-refractivity contribution in [2.75, 3.05) is 0 Å². The molecule has 86 valence electrons. The molecule has 0 amide bonds. The van der Waals surface area contributed by atoms with Gasteiger partial charge in [-0.2, -0.15) is 5.26 Å². The molecule has 0 radical (unpaired) electrons. The fourth-order valence-corrected chi connectivity index (χ4v) is 1.96. The molecule has 16 heavy (non-hydrogen) atoms. The van der Waals surface area contributed by atoms with Gasteiger partial charge in [-0.1, -0.05) is 39.0 Å². The van der Waals surface area contributed by atoms with Crippen molar-refractivity contribution in [3.8, 4) is 6.07 Å². The van der Waals surface area contributed by atoms with Crippen LogP contribution in [0.1, 0.15) is 51.3 Å². The summed E-state index contributed by atoms with van der Waals surface area (Å²) in [5.41, 5.74) is 3.49. The summed E-state index contributed by atoms with van der Waals surface area (Å²) in [7, 11) is 0. The monoisotopic (exact) mass is 215 g/mol. The number of rotatable bonds is 1. The summed E-state index contributed by atoms with van der Waals surface area (Å²) in [6, 6.07) is 8.72. The molecular formula is C15H21N. The van der Waals surface area contributed by atoms with Crippen LogP contribution in [0.4, 0.5) is 0 Å². The highest BCUT2D eigenvalue weighted by Gasteiger charge is 2.22. The number of hydrogen-bond acceptors (Lipinski definition) is 1. The van der Waals surface area contributed by atoms with Crippen LogP contribution in [-0.2, 0) is 10.8 Å². The summed E-state index contributed by atoms with van der Waals surface area (Å²) >= 11 is 0. The summed E-state index contributed by atoms with van der Waals surface area (Å²) in [5.74, 6) is 0. The summed E-state index contributed by atoms with van der Waals surface area (Å²) in [4.78, 5) is 0. The van der Waals surface area contributed by atoms with E-state index in [9.17, 15) is 0 Å². The van der Waals surface area contributed by atoms with E-state index in [4.69, 9.17) is 5.26 Å². The maximum atomic E-state index is 9.12. The van der Waals surface area contributed by atoms with Crippen molar-refractivity contribution in [1.82, 2.24) is 0 Å². The molecule has 0 aliphatic carbocycles. The van der Waals surface area contributed by atoms with Gasteiger partial charge in [0.25, 0.3) is 0 Å². The van der Waals surface area contributed by atoms with Gasteiger partial charge in [0.15, 0.2) is 0 Å². The highest BCUT2D eigenvalue weighted by Crippen LogP contribution is 2.30. The number of nitrogens with zero attached hydrogens (tertiary/aromatic N) is 1. The van der Waals surface area contributed by atoms with Crippen LogP contribution in [0.2, 0.25) is 0 Å². The molecule has 0 bridgehead atoms. The molecular weight excluding hydrogens is 194 g/mol. The zero-order chi connectivity index (χ0) is 12.6. The second-order valence-electron chi connectivity index (χ2n) is 6.02. The minimum absolute atomic E-state index is 0.166. The Hall–Kier alpha value is -1.29. The van der Waals surface area contributed by atoms with Crippen molar-refractivity contribution >= 4 is 0 Å². The predicted molar refractivity (Wildman–Crippen MR) is 68.5 cm³/mol. The van der Waals surface area contributed by atoms with Crippen LogP contribution in [0.25, 0.3) is 0 Å². The van der Waals surface area contributed by atoms with E-state index >= 15 is 0 Å². The molecule has 0 aliphatic heterocycles. The van der Waals surface area contributed by atoms with Gasteiger partial charge in [-0.25, -0.2) is 0 Å². The Morgan fingerprint density at radius 2 is 1.62 bits per heavy atom. The molecule has 1 heteroatoms. The molecule has 0 spiro atoms. The van der Waals surface area contributed by atoms with Crippen LogP contribution in [0.5, 0.6) is 0 Å². The van der Waals surface area contributed by atoms with Gasteiger partial charge in [-0.15, -0.1) is 0 Å².